The molecule has 0 aliphatic carbocycles. The number of cyclic esters (lactones) is 1. The van der Waals surface area contributed by atoms with Crippen molar-refractivity contribution >= 4 is 12.0 Å². The van der Waals surface area contributed by atoms with Crippen molar-refractivity contribution < 1.29 is 14.3 Å². The Hall–Kier alpha value is -1.84. The zero-order valence-corrected chi connectivity index (χ0v) is 9.92. The van der Waals surface area contributed by atoms with E-state index in [1.807, 2.05) is 37.3 Å². The minimum Gasteiger partial charge on any atom is -0.439 e. The van der Waals surface area contributed by atoms with Crippen molar-refractivity contribution in [3.05, 3.63) is 35.9 Å². The van der Waals surface area contributed by atoms with Crippen LogP contribution in [0.5, 0.6) is 0 Å². The summed E-state index contributed by atoms with van der Waals surface area (Å²) in [5.74, 6) is -0.194. The summed E-state index contributed by atoms with van der Waals surface area (Å²) < 4.78 is 5.26. The van der Waals surface area contributed by atoms with E-state index >= 15 is 0 Å². The average Bonchev–Trinajstić information content (AvgIpc) is 2.65. The number of imide groups is 1. The van der Waals surface area contributed by atoms with Gasteiger partial charge in [-0.25, -0.2) is 9.69 Å². The molecule has 1 fully saturated rings. The van der Waals surface area contributed by atoms with Crippen LogP contribution in [-0.2, 0) is 9.53 Å². The van der Waals surface area contributed by atoms with Crippen molar-refractivity contribution in [2.75, 3.05) is 0 Å². The molecule has 1 aliphatic rings. The fourth-order valence-electron chi connectivity index (χ4n) is 2.05. The van der Waals surface area contributed by atoms with Gasteiger partial charge in [-0.2, -0.15) is 0 Å². The number of carbonyl (C=O) groups excluding carboxylic acids is 2. The minimum atomic E-state index is -0.543. The molecular weight excluding hydrogens is 218 g/mol. The van der Waals surface area contributed by atoms with E-state index in [-0.39, 0.29) is 18.1 Å². The zero-order valence-electron chi connectivity index (χ0n) is 9.92. The van der Waals surface area contributed by atoms with Crippen LogP contribution in [0.1, 0.15) is 31.9 Å². The Balaban J connectivity index is 2.24. The maximum Gasteiger partial charge on any atom is 0.417 e. The van der Waals surface area contributed by atoms with Crippen LogP contribution in [0.25, 0.3) is 0 Å². The third kappa shape index (κ3) is 2.02. The summed E-state index contributed by atoms with van der Waals surface area (Å²) in [5, 5.41) is 0. The van der Waals surface area contributed by atoms with Crippen LogP contribution in [0, 0.1) is 0 Å². The highest BCUT2D eigenvalue weighted by Gasteiger charge is 2.42. The molecule has 4 heteroatoms. The van der Waals surface area contributed by atoms with Gasteiger partial charge in [-0.1, -0.05) is 37.3 Å². The molecule has 0 bridgehead atoms. The first-order chi connectivity index (χ1) is 8.15. The first kappa shape index (κ1) is 11.6. The Morgan fingerprint density at radius 2 is 2.00 bits per heavy atom. The largest absolute Gasteiger partial charge is 0.439 e. The molecular formula is C13H15NO3. The molecule has 1 aromatic rings. The Morgan fingerprint density at radius 1 is 1.35 bits per heavy atom. The smallest absolute Gasteiger partial charge is 0.417 e. The van der Waals surface area contributed by atoms with Crippen LogP contribution in [-0.4, -0.2) is 22.9 Å². The van der Waals surface area contributed by atoms with Crippen molar-refractivity contribution in [3.63, 3.8) is 0 Å². The van der Waals surface area contributed by atoms with Gasteiger partial charge in [0.05, 0.1) is 6.04 Å². The van der Waals surface area contributed by atoms with Gasteiger partial charge in [0.2, 0.25) is 5.91 Å². The predicted octanol–water partition coefficient (Wildman–Crippen LogP) is 2.51. The van der Waals surface area contributed by atoms with Crippen LogP contribution in [0.15, 0.2) is 30.3 Å². The van der Waals surface area contributed by atoms with Gasteiger partial charge in [-0.3, -0.25) is 4.79 Å². The van der Waals surface area contributed by atoms with Crippen molar-refractivity contribution in [3.8, 4) is 0 Å². The van der Waals surface area contributed by atoms with Crippen molar-refractivity contribution in [2.24, 2.45) is 0 Å². The van der Waals surface area contributed by atoms with Crippen molar-refractivity contribution in [2.45, 2.75) is 32.4 Å². The maximum absolute atomic E-state index is 11.7. The molecule has 1 aromatic carbocycles. The Labute approximate surface area is 100 Å². The SMILES string of the molecule is CCC(=O)N1C(=O)O[C@@H](c2ccccc2)C1C. The molecule has 2 rings (SSSR count). The monoisotopic (exact) mass is 233 g/mol. The molecule has 1 heterocycles. The van der Waals surface area contributed by atoms with Crippen LogP contribution in [0.4, 0.5) is 4.79 Å². The van der Waals surface area contributed by atoms with Gasteiger partial charge in [-0.15, -0.1) is 0 Å². The van der Waals surface area contributed by atoms with Crippen molar-refractivity contribution in [1.29, 1.82) is 0 Å². The molecule has 2 atom stereocenters. The minimum absolute atomic E-state index is 0.194. The molecule has 17 heavy (non-hydrogen) atoms. The lowest BCUT2D eigenvalue weighted by Gasteiger charge is -2.18. The van der Waals surface area contributed by atoms with E-state index in [0.717, 1.165) is 5.56 Å². The highest BCUT2D eigenvalue weighted by Crippen LogP contribution is 2.32. The summed E-state index contributed by atoms with van der Waals surface area (Å²) >= 11 is 0. The number of hydrogen-bond donors (Lipinski definition) is 0. The number of amides is 2. The van der Waals surface area contributed by atoms with E-state index < -0.39 is 6.09 Å². The lowest BCUT2D eigenvalue weighted by molar-refractivity contribution is -0.128. The molecule has 1 saturated heterocycles. The Bertz CT molecular complexity index is 430. The second kappa shape index (κ2) is 4.57. The second-order valence-electron chi connectivity index (χ2n) is 4.07. The van der Waals surface area contributed by atoms with Gasteiger partial charge in [0.25, 0.3) is 0 Å². The number of nitrogens with zero attached hydrogens (tertiary/aromatic N) is 1. The summed E-state index contributed by atoms with van der Waals surface area (Å²) in [7, 11) is 0. The van der Waals surface area contributed by atoms with Crippen LogP contribution < -0.4 is 0 Å². The molecule has 0 aromatic heterocycles. The molecule has 90 valence electrons. The summed E-state index contributed by atoms with van der Waals surface area (Å²) in [4.78, 5) is 24.5. The van der Waals surface area contributed by atoms with E-state index in [1.54, 1.807) is 6.92 Å². The number of rotatable bonds is 2. The number of carbonyl (C=O) groups is 2. The molecule has 0 spiro atoms. The highest BCUT2D eigenvalue weighted by atomic mass is 16.6. The van der Waals surface area contributed by atoms with Crippen LogP contribution in [0.2, 0.25) is 0 Å². The summed E-state index contributed by atoms with van der Waals surface area (Å²) in [6.07, 6.45) is -0.599. The van der Waals surface area contributed by atoms with Gasteiger partial charge >= 0.3 is 6.09 Å². The van der Waals surface area contributed by atoms with Crippen molar-refractivity contribution in [1.82, 2.24) is 4.90 Å². The fourth-order valence-corrected chi connectivity index (χ4v) is 2.05. The van der Waals surface area contributed by atoms with E-state index in [4.69, 9.17) is 4.74 Å². The lowest BCUT2D eigenvalue weighted by atomic mass is 10.0. The quantitative estimate of drug-likeness (QED) is 0.788. The lowest BCUT2D eigenvalue weighted by Crippen LogP contribution is -2.37. The maximum atomic E-state index is 11.7. The van der Waals surface area contributed by atoms with Gasteiger partial charge < -0.3 is 4.74 Å². The summed E-state index contributed by atoms with van der Waals surface area (Å²) in [6, 6.07) is 9.22. The van der Waals surface area contributed by atoms with E-state index in [9.17, 15) is 9.59 Å². The Kier molecular flexibility index (Phi) is 3.13. The molecule has 4 nitrogen and oxygen atoms in total. The van der Waals surface area contributed by atoms with E-state index in [0.29, 0.717) is 6.42 Å². The second-order valence-corrected chi connectivity index (χ2v) is 4.07. The summed E-state index contributed by atoms with van der Waals surface area (Å²) in [6.45, 7) is 3.56. The first-order valence-corrected chi connectivity index (χ1v) is 5.72. The van der Waals surface area contributed by atoms with E-state index in [1.165, 1.54) is 4.90 Å². The fraction of sp³-hybridized carbons (Fsp3) is 0.385. The van der Waals surface area contributed by atoms with Gasteiger partial charge in [0.15, 0.2) is 0 Å². The molecule has 0 saturated carbocycles. The molecule has 1 unspecified atom stereocenters. The number of hydrogen-bond acceptors (Lipinski definition) is 3. The Morgan fingerprint density at radius 3 is 2.59 bits per heavy atom. The highest BCUT2D eigenvalue weighted by molar-refractivity contribution is 5.93. The molecule has 0 radical (unpaired) electrons. The van der Waals surface area contributed by atoms with E-state index in [2.05, 4.69) is 0 Å². The van der Waals surface area contributed by atoms with Gasteiger partial charge in [0, 0.05) is 6.42 Å². The summed E-state index contributed by atoms with van der Waals surface area (Å²) in [5.41, 5.74) is 0.916. The standard InChI is InChI=1S/C13H15NO3/c1-3-11(15)14-9(2)12(17-13(14)16)10-7-5-4-6-8-10/h4-9,12H,3H2,1-2H3/t9?,12-/m1/s1. The third-order valence-electron chi connectivity index (χ3n) is 2.97. The van der Waals surface area contributed by atoms with Crippen LogP contribution >= 0.6 is 0 Å². The number of ether oxygens (including phenoxy) is 1. The molecule has 1 aliphatic heterocycles. The first-order valence-electron chi connectivity index (χ1n) is 5.72. The predicted molar refractivity (Wildman–Crippen MR) is 62.3 cm³/mol. The zero-order chi connectivity index (χ0) is 12.4. The van der Waals surface area contributed by atoms with Gasteiger partial charge in [0.1, 0.15) is 6.10 Å². The third-order valence-corrected chi connectivity index (χ3v) is 2.97. The van der Waals surface area contributed by atoms with Crippen LogP contribution in [0.3, 0.4) is 0 Å². The molecule has 2 amide bonds. The normalized spacial score (nSPS) is 23.6. The topological polar surface area (TPSA) is 46.6 Å². The van der Waals surface area contributed by atoms with Gasteiger partial charge in [-0.05, 0) is 12.5 Å². The molecule has 0 N–H and O–H groups in total. The average molecular weight is 233 g/mol. The number of benzene rings is 1.